The molecule has 6 nitrogen and oxygen atoms in total. The predicted octanol–water partition coefficient (Wildman–Crippen LogP) is 3.41. The molecule has 0 saturated heterocycles. The Kier molecular flexibility index (Phi) is 5.89. The normalized spacial score (nSPS) is 11.6. The average Bonchev–Trinajstić information content (AvgIpc) is 2.60. The molecule has 0 aliphatic heterocycles. The minimum Gasteiger partial charge on any atom is -0.496 e. The molecule has 0 heterocycles. The first-order valence-corrected chi connectivity index (χ1v) is 7.71. The van der Waals surface area contributed by atoms with Gasteiger partial charge in [0.25, 0.3) is 5.69 Å². The molecule has 1 N–H and O–H groups in total. The van der Waals surface area contributed by atoms with Crippen LogP contribution in [0.1, 0.15) is 30.5 Å². The van der Waals surface area contributed by atoms with Crippen LogP contribution in [0.2, 0.25) is 0 Å². The van der Waals surface area contributed by atoms with Gasteiger partial charge in [0.05, 0.1) is 24.5 Å². The van der Waals surface area contributed by atoms with Gasteiger partial charge in [0.15, 0.2) is 0 Å². The number of benzene rings is 2. The maximum Gasteiger partial charge on any atom is 0.273 e. The number of nitrogens with one attached hydrogen (secondary N) is 1. The Hall–Kier alpha value is -2.89. The van der Waals surface area contributed by atoms with Gasteiger partial charge in [-0.25, -0.2) is 0 Å². The summed E-state index contributed by atoms with van der Waals surface area (Å²) in [5, 5.41) is 14.0. The van der Waals surface area contributed by atoms with E-state index in [0.29, 0.717) is 17.7 Å². The lowest BCUT2D eigenvalue weighted by Gasteiger charge is -2.20. The highest BCUT2D eigenvalue weighted by Crippen LogP contribution is 2.27. The van der Waals surface area contributed by atoms with Crippen LogP contribution in [0.5, 0.6) is 5.75 Å². The molecule has 2 aromatic rings. The summed E-state index contributed by atoms with van der Waals surface area (Å²) in [6.07, 6.45) is 0.645. The minimum absolute atomic E-state index is 0.0389. The zero-order valence-corrected chi connectivity index (χ0v) is 13.7. The zero-order chi connectivity index (χ0) is 17.5. The van der Waals surface area contributed by atoms with Gasteiger partial charge in [-0.3, -0.25) is 14.9 Å². The largest absolute Gasteiger partial charge is 0.496 e. The van der Waals surface area contributed by atoms with Crippen LogP contribution in [-0.4, -0.2) is 17.9 Å². The van der Waals surface area contributed by atoms with E-state index in [4.69, 9.17) is 4.74 Å². The highest BCUT2D eigenvalue weighted by atomic mass is 16.6. The van der Waals surface area contributed by atoms with Crippen LogP contribution in [0.15, 0.2) is 48.5 Å². The van der Waals surface area contributed by atoms with Crippen molar-refractivity contribution in [1.29, 1.82) is 0 Å². The smallest absolute Gasteiger partial charge is 0.273 e. The van der Waals surface area contributed by atoms with Crippen LogP contribution in [0.25, 0.3) is 0 Å². The van der Waals surface area contributed by atoms with Crippen molar-refractivity contribution in [1.82, 2.24) is 5.32 Å². The van der Waals surface area contributed by atoms with E-state index >= 15 is 0 Å². The lowest BCUT2D eigenvalue weighted by Crippen LogP contribution is -2.30. The van der Waals surface area contributed by atoms with Crippen LogP contribution in [0, 0.1) is 10.1 Å². The van der Waals surface area contributed by atoms with Crippen molar-refractivity contribution in [2.75, 3.05) is 7.11 Å². The number of ether oxygens (including phenoxy) is 1. The number of para-hydroxylation sites is 2. The Morgan fingerprint density at radius 1 is 1.21 bits per heavy atom. The molecule has 0 aromatic heterocycles. The highest BCUT2D eigenvalue weighted by molar-refractivity contribution is 5.80. The molecule has 1 amide bonds. The van der Waals surface area contributed by atoms with Crippen LogP contribution in [0.4, 0.5) is 5.69 Å². The van der Waals surface area contributed by atoms with Crippen LogP contribution in [0.3, 0.4) is 0 Å². The number of carbonyl (C=O) groups is 1. The summed E-state index contributed by atoms with van der Waals surface area (Å²) in [5.41, 5.74) is 1.24. The number of hydrogen-bond acceptors (Lipinski definition) is 4. The molecule has 0 spiro atoms. The molecule has 126 valence electrons. The molecule has 0 fully saturated rings. The molecule has 0 radical (unpaired) electrons. The summed E-state index contributed by atoms with van der Waals surface area (Å²) >= 11 is 0. The maximum atomic E-state index is 12.4. The monoisotopic (exact) mass is 328 g/mol. The molecule has 1 atom stereocenters. The molecule has 0 saturated carbocycles. The topological polar surface area (TPSA) is 81.5 Å². The van der Waals surface area contributed by atoms with E-state index in [1.165, 1.54) is 6.07 Å². The van der Waals surface area contributed by atoms with E-state index in [9.17, 15) is 14.9 Å². The van der Waals surface area contributed by atoms with Crippen molar-refractivity contribution in [2.45, 2.75) is 25.8 Å². The van der Waals surface area contributed by atoms with Crippen LogP contribution in [-0.2, 0) is 11.2 Å². The Bertz CT molecular complexity index is 730. The molecule has 0 aliphatic carbocycles. The van der Waals surface area contributed by atoms with E-state index in [1.807, 2.05) is 31.2 Å². The van der Waals surface area contributed by atoms with Crippen molar-refractivity contribution in [3.05, 3.63) is 69.8 Å². The first kappa shape index (κ1) is 17.5. The van der Waals surface area contributed by atoms with Gasteiger partial charge < -0.3 is 10.1 Å². The Balaban J connectivity index is 2.15. The van der Waals surface area contributed by atoms with Crippen molar-refractivity contribution < 1.29 is 14.5 Å². The number of nitrogens with zero attached hydrogens (tertiary/aromatic N) is 1. The number of carbonyl (C=O) groups excluding carboxylic acids is 1. The summed E-state index contributed by atoms with van der Waals surface area (Å²) in [4.78, 5) is 22.9. The standard InChI is InChI=1S/C18H20N2O4/c1-3-15(14-9-5-7-11-17(14)24-2)19-18(21)12-13-8-4-6-10-16(13)20(22)23/h4-11,15H,3,12H2,1-2H3,(H,19,21). The molecule has 24 heavy (non-hydrogen) atoms. The highest BCUT2D eigenvalue weighted by Gasteiger charge is 2.19. The van der Waals surface area contributed by atoms with Gasteiger partial charge in [0, 0.05) is 17.2 Å². The SMILES string of the molecule is CCC(NC(=O)Cc1ccccc1[N+](=O)[O-])c1ccccc1OC. The molecule has 2 aromatic carbocycles. The number of rotatable bonds is 7. The number of hydrogen-bond donors (Lipinski definition) is 1. The number of methoxy groups -OCH3 is 1. The molecular formula is C18H20N2O4. The second kappa shape index (κ2) is 8.10. The third-order valence-corrected chi connectivity index (χ3v) is 3.80. The van der Waals surface area contributed by atoms with Crippen molar-refractivity contribution in [2.24, 2.45) is 0 Å². The van der Waals surface area contributed by atoms with Crippen LogP contribution < -0.4 is 10.1 Å². The molecule has 0 bridgehead atoms. The van der Waals surface area contributed by atoms with Gasteiger partial charge in [0.2, 0.25) is 5.91 Å². The lowest BCUT2D eigenvalue weighted by molar-refractivity contribution is -0.385. The fourth-order valence-corrected chi connectivity index (χ4v) is 2.61. The molecule has 1 unspecified atom stereocenters. The predicted molar refractivity (Wildman–Crippen MR) is 91.0 cm³/mol. The summed E-state index contributed by atoms with van der Waals surface area (Å²) < 4.78 is 5.34. The van der Waals surface area contributed by atoms with Gasteiger partial charge in [-0.15, -0.1) is 0 Å². The number of nitro groups is 1. The summed E-state index contributed by atoms with van der Waals surface area (Å²) in [5.74, 6) is 0.442. The van der Waals surface area contributed by atoms with Crippen LogP contribution >= 0.6 is 0 Å². The minimum atomic E-state index is -0.472. The quantitative estimate of drug-likeness (QED) is 0.624. The van der Waals surface area contributed by atoms with Gasteiger partial charge in [-0.1, -0.05) is 43.3 Å². The molecule has 2 rings (SSSR count). The van der Waals surface area contributed by atoms with Gasteiger partial charge in [0.1, 0.15) is 5.75 Å². The van der Waals surface area contributed by atoms with E-state index in [0.717, 1.165) is 5.56 Å². The fraction of sp³-hybridized carbons (Fsp3) is 0.278. The van der Waals surface area contributed by atoms with E-state index in [-0.39, 0.29) is 24.1 Å². The second-order valence-electron chi connectivity index (χ2n) is 5.33. The Labute approximate surface area is 140 Å². The van der Waals surface area contributed by atoms with Crippen molar-refractivity contribution in [3.63, 3.8) is 0 Å². The summed E-state index contributed by atoms with van der Waals surface area (Å²) in [6.45, 7) is 1.96. The van der Waals surface area contributed by atoms with Gasteiger partial charge in [-0.2, -0.15) is 0 Å². The number of nitro benzene ring substituents is 1. The molecule has 0 aliphatic rings. The second-order valence-corrected chi connectivity index (χ2v) is 5.33. The Morgan fingerprint density at radius 2 is 1.88 bits per heavy atom. The first-order valence-electron chi connectivity index (χ1n) is 7.71. The summed E-state index contributed by atoms with van der Waals surface area (Å²) in [6, 6.07) is 13.6. The summed E-state index contributed by atoms with van der Waals surface area (Å²) in [7, 11) is 1.58. The van der Waals surface area contributed by atoms with E-state index in [2.05, 4.69) is 5.32 Å². The van der Waals surface area contributed by atoms with Crippen molar-refractivity contribution in [3.8, 4) is 5.75 Å². The molecular weight excluding hydrogens is 308 g/mol. The number of amides is 1. The first-order chi connectivity index (χ1) is 11.6. The Morgan fingerprint density at radius 3 is 2.54 bits per heavy atom. The third-order valence-electron chi connectivity index (χ3n) is 3.80. The van der Waals surface area contributed by atoms with Gasteiger partial charge >= 0.3 is 0 Å². The lowest BCUT2D eigenvalue weighted by atomic mass is 10.0. The van der Waals surface area contributed by atoms with Crippen molar-refractivity contribution >= 4 is 11.6 Å². The third kappa shape index (κ3) is 4.10. The van der Waals surface area contributed by atoms with E-state index < -0.39 is 4.92 Å². The maximum absolute atomic E-state index is 12.4. The fourth-order valence-electron chi connectivity index (χ4n) is 2.61. The molecule has 6 heteroatoms. The zero-order valence-electron chi connectivity index (χ0n) is 13.7. The average molecular weight is 328 g/mol. The van der Waals surface area contributed by atoms with E-state index in [1.54, 1.807) is 25.3 Å². The van der Waals surface area contributed by atoms with Gasteiger partial charge in [-0.05, 0) is 12.5 Å².